The fraction of sp³-hybridized carbons (Fsp3) is 0.182. The highest BCUT2D eigenvalue weighted by molar-refractivity contribution is 9.10. The predicted molar refractivity (Wildman–Crippen MR) is 116 cm³/mol. The lowest BCUT2D eigenvalue weighted by atomic mass is 10.1. The summed E-state index contributed by atoms with van der Waals surface area (Å²) < 4.78 is 11.6. The van der Waals surface area contributed by atoms with Gasteiger partial charge >= 0.3 is 0 Å². The fourth-order valence-electron chi connectivity index (χ4n) is 2.54. The molecule has 0 bridgehead atoms. The summed E-state index contributed by atoms with van der Waals surface area (Å²) in [6.45, 7) is 4.60. The van der Waals surface area contributed by atoms with Crippen molar-refractivity contribution in [3.8, 4) is 5.75 Å². The smallest absolute Gasteiger partial charge is 0.291 e. The van der Waals surface area contributed by atoms with Crippen molar-refractivity contribution in [3.05, 3.63) is 76.7 Å². The molecule has 0 radical (unpaired) electrons. The molecule has 2 N–H and O–H groups in total. The molecular weight excluding hydrogens is 436 g/mol. The van der Waals surface area contributed by atoms with Crippen molar-refractivity contribution in [1.29, 1.82) is 0 Å². The average Bonchev–Trinajstić information content (AvgIpc) is 3.22. The summed E-state index contributed by atoms with van der Waals surface area (Å²) in [5, 5.41) is 5.58. The summed E-state index contributed by atoms with van der Waals surface area (Å²) in [5.74, 6) is 0.389. The Kier molecular flexibility index (Phi) is 6.72. The van der Waals surface area contributed by atoms with Crippen molar-refractivity contribution in [2.75, 3.05) is 17.2 Å². The van der Waals surface area contributed by atoms with Gasteiger partial charge in [0, 0.05) is 15.8 Å². The summed E-state index contributed by atoms with van der Waals surface area (Å²) in [5.41, 5.74) is 1.50. The number of amides is 2. The number of carbonyl (C=O) groups excluding carboxylic acids is 2. The van der Waals surface area contributed by atoms with E-state index in [0.29, 0.717) is 35.2 Å². The number of benzene rings is 2. The third kappa shape index (κ3) is 5.71. The van der Waals surface area contributed by atoms with E-state index < -0.39 is 0 Å². The monoisotopic (exact) mass is 456 g/mol. The van der Waals surface area contributed by atoms with Crippen LogP contribution >= 0.6 is 15.9 Å². The first-order chi connectivity index (χ1) is 13.9. The SMILES string of the molecule is CC(C)COc1ccc(Br)cc1C(=O)Nc1cccc(NC(=O)c2ccco2)c1. The normalized spacial score (nSPS) is 10.6. The Morgan fingerprint density at radius 2 is 1.72 bits per heavy atom. The first-order valence-corrected chi connectivity index (χ1v) is 9.90. The molecule has 0 atom stereocenters. The Hall–Kier alpha value is -3.06. The minimum atomic E-state index is -0.366. The van der Waals surface area contributed by atoms with Crippen LogP contribution in [0.2, 0.25) is 0 Å². The molecule has 0 unspecified atom stereocenters. The Balaban J connectivity index is 1.74. The molecule has 0 aliphatic carbocycles. The molecule has 3 aromatic rings. The van der Waals surface area contributed by atoms with Crippen LogP contribution < -0.4 is 15.4 Å². The van der Waals surface area contributed by atoms with E-state index in [-0.39, 0.29) is 17.6 Å². The molecule has 2 amide bonds. The number of nitrogens with one attached hydrogen (secondary N) is 2. The van der Waals surface area contributed by atoms with Crippen molar-refractivity contribution < 1.29 is 18.7 Å². The molecule has 0 aliphatic rings. The van der Waals surface area contributed by atoms with E-state index in [1.165, 1.54) is 6.26 Å². The lowest BCUT2D eigenvalue weighted by Gasteiger charge is -2.14. The van der Waals surface area contributed by atoms with Gasteiger partial charge in [-0.3, -0.25) is 9.59 Å². The van der Waals surface area contributed by atoms with E-state index in [0.717, 1.165) is 4.47 Å². The van der Waals surface area contributed by atoms with E-state index in [4.69, 9.17) is 9.15 Å². The second kappa shape index (κ2) is 9.43. The van der Waals surface area contributed by atoms with E-state index in [1.54, 1.807) is 48.5 Å². The Morgan fingerprint density at radius 1 is 1.00 bits per heavy atom. The number of halogens is 1. The highest BCUT2D eigenvalue weighted by Crippen LogP contribution is 2.25. The third-order valence-corrected chi connectivity index (χ3v) is 4.37. The number of rotatable bonds is 7. The molecule has 1 aromatic heterocycles. The minimum Gasteiger partial charge on any atom is -0.492 e. The Labute approximate surface area is 177 Å². The lowest BCUT2D eigenvalue weighted by molar-refractivity contribution is 0.0994. The summed E-state index contributed by atoms with van der Waals surface area (Å²) in [4.78, 5) is 25.0. The van der Waals surface area contributed by atoms with Gasteiger partial charge in [0.1, 0.15) is 5.75 Å². The Morgan fingerprint density at radius 3 is 2.38 bits per heavy atom. The van der Waals surface area contributed by atoms with E-state index in [1.807, 2.05) is 19.9 Å². The van der Waals surface area contributed by atoms with Gasteiger partial charge in [-0.1, -0.05) is 35.8 Å². The molecule has 150 valence electrons. The van der Waals surface area contributed by atoms with Gasteiger partial charge in [-0.05, 0) is 54.4 Å². The van der Waals surface area contributed by atoms with E-state index in [9.17, 15) is 9.59 Å². The van der Waals surface area contributed by atoms with Crippen LogP contribution in [0.4, 0.5) is 11.4 Å². The van der Waals surface area contributed by atoms with Gasteiger partial charge in [-0.15, -0.1) is 0 Å². The molecule has 7 heteroatoms. The summed E-state index contributed by atoms with van der Waals surface area (Å²) >= 11 is 3.40. The molecule has 29 heavy (non-hydrogen) atoms. The van der Waals surface area contributed by atoms with Crippen molar-refractivity contribution in [2.24, 2.45) is 5.92 Å². The number of hydrogen-bond donors (Lipinski definition) is 2. The lowest BCUT2D eigenvalue weighted by Crippen LogP contribution is -2.15. The fourth-order valence-corrected chi connectivity index (χ4v) is 2.90. The Bertz CT molecular complexity index is 1000. The van der Waals surface area contributed by atoms with Crippen LogP contribution in [0.3, 0.4) is 0 Å². The van der Waals surface area contributed by atoms with Gasteiger partial charge in [-0.25, -0.2) is 0 Å². The van der Waals surface area contributed by atoms with Crippen LogP contribution in [0.5, 0.6) is 5.75 Å². The molecule has 0 spiro atoms. The molecule has 0 fully saturated rings. The van der Waals surface area contributed by atoms with Crippen LogP contribution in [-0.2, 0) is 0 Å². The molecular formula is C22H21BrN2O4. The second-order valence-corrected chi connectivity index (χ2v) is 7.73. The second-order valence-electron chi connectivity index (χ2n) is 6.81. The average molecular weight is 457 g/mol. The zero-order valence-electron chi connectivity index (χ0n) is 16.1. The van der Waals surface area contributed by atoms with Gasteiger partial charge < -0.3 is 19.8 Å². The summed E-state index contributed by atoms with van der Waals surface area (Å²) in [6.07, 6.45) is 1.43. The minimum absolute atomic E-state index is 0.209. The maximum absolute atomic E-state index is 12.8. The van der Waals surface area contributed by atoms with E-state index in [2.05, 4.69) is 26.6 Å². The molecule has 2 aromatic carbocycles. The maximum Gasteiger partial charge on any atom is 0.291 e. The van der Waals surface area contributed by atoms with Crippen LogP contribution in [0.1, 0.15) is 34.8 Å². The van der Waals surface area contributed by atoms with Crippen LogP contribution in [-0.4, -0.2) is 18.4 Å². The molecule has 1 heterocycles. The van der Waals surface area contributed by atoms with Crippen molar-refractivity contribution >= 4 is 39.1 Å². The molecule has 0 aliphatic heterocycles. The number of anilines is 2. The zero-order chi connectivity index (χ0) is 20.8. The van der Waals surface area contributed by atoms with Crippen LogP contribution in [0, 0.1) is 5.92 Å². The molecule has 3 rings (SSSR count). The van der Waals surface area contributed by atoms with Crippen molar-refractivity contribution in [1.82, 2.24) is 0 Å². The summed E-state index contributed by atoms with van der Waals surface area (Å²) in [6, 6.07) is 15.4. The number of ether oxygens (including phenoxy) is 1. The van der Waals surface area contributed by atoms with Crippen molar-refractivity contribution in [2.45, 2.75) is 13.8 Å². The standard InChI is InChI=1S/C22H21BrN2O4/c1-14(2)13-29-19-9-8-15(23)11-18(19)21(26)24-16-5-3-6-17(12-16)25-22(27)20-7-4-10-28-20/h3-12,14H,13H2,1-2H3,(H,24,26)(H,25,27). The first-order valence-electron chi connectivity index (χ1n) is 9.11. The van der Waals surface area contributed by atoms with Gasteiger partial charge in [0.05, 0.1) is 18.4 Å². The maximum atomic E-state index is 12.8. The van der Waals surface area contributed by atoms with Gasteiger partial charge in [-0.2, -0.15) is 0 Å². The van der Waals surface area contributed by atoms with Crippen LogP contribution in [0.15, 0.2) is 69.8 Å². The van der Waals surface area contributed by atoms with E-state index >= 15 is 0 Å². The third-order valence-electron chi connectivity index (χ3n) is 3.88. The van der Waals surface area contributed by atoms with Crippen LogP contribution in [0.25, 0.3) is 0 Å². The first kappa shape index (κ1) is 20.7. The highest BCUT2D eigenvalue weighted by Gasteiger charge is 2.15. The zero-order valence-corrected chi connectivity index (χ0v) is 17.7. The quantitative estimate of drug-likeness (QED) is 0.485. The van der Waals surface area contributed by atoms with Gasteiger partial charge in [0.25, 0.3) is 11.8 Å². The topological polar surface area (TPSA) is 80.6 Å². The van der Waals surface area contributed by atoms with Gasteiger partial charge in [0.15, 0.2) is 5.76 Å². The summed E-state index contributed by atoms with van der Waals surface area (Å²) in [7, 11) is 0. The van der Waals surface area contributed by atoms with Crippen molar-refractivity contribution in [3.63, 3.8) is 0 Å². The highest BCUT2D eigenvalue weighted by atomic mass is 79.9. The molecule has 0 saturated heterocycles. The molecule has 6 nitrogen and oxygen atoms in total. The largest absolute Gasteiger partial charge is 0.492 e. The predicted octanol–water partition coefficient (Wildman–Crippen LogP) is 5.58. The molecule has 0 saturated carbocycles. The number of furan rings is 1. The van der Waals surface area contributed by atoms with Gasteiger partial charge in [0.2, 0.25) is 0 Å². The number of hydrogen-bond acceptors (Lipinski definition) is 4. The number of carbonyl (C=O) groups is 2.